The molecule has 1 N–H and O–H groups in total. The average Bonchev–Trinajstić information content (AvgIpc) is 2.66. The van der Waals surface area contributed by atoms with Crippen molar-refractivity contribution in [2.24, 2.45) is 0 Å². The van der Waals surface area contributed by atoms with Crippen LogP contribution in [0.15, 0.2) is 36.4 Å². The molecule has 0 radical (unpaired) electrons. The van der Waals surface area contributed by atoms with Crippen LogP contribution in [0.3, 0.4) is 0 Å². The van der Waals surface area contributed by atoms with Crippen LogP contribution in [-0.4, -0.2) is 16.7 Å². The number of rotatable bonds is 7. The summed E-state index contributed by atoms with van der Waals surface area (Å²) >= 11 is 0. The number of hydrogen-bond donors (Lipinski definition) is 1. The number of aromatic nitrogens is 1. The number of fused-ring (bicyclic) bond motifs is 1. The van der Waals surface area contributed by atoms with Gasteiger partial charge in [-0.3, -0.25) is 0 Å². The minimum atomic E-state index is -1.04. The molecule has 0 saturated heterocycles. The van der Waals surface area contributed by atoms with Crippen molar-refractivity contribution in [2.45, 2.75) is 33.3 Å². The van der Waals surface area contributed by atoms with Crippen LogP contribution in [0.2, 0.25) is 0 Å². The Kier molecular flexibility index (Phi) is 5.74. The number of para-hydroxylation sites is 1. The summed E-state index contributed by atoms with van der Waals surface area (Å²) in [6, 6.07) is 9.12. The summed E-state index contributed by atoms with van der Waals surface area (Å²) in [5, 5.41) is 10.3. The van der Waals surface area contributed by atoms with Crippen molar-refractivity contribution in [3.63, 3.8) is 0 Å². The molecule has 0 saturated carbocycles. The third-order valence-corrected chi connectivity index (χ3v) is 4.29. The van der Waals surface area contributed by atoms with E-state index in [1.165, 1.54) is 0 Å². The SMILES string of the molecule is CCCCOc1c(C)c(COc2cc(O)c(F)cc2F)nc2ccccc12. The zero-order valence-electron chi connectivity index (χ0n) is 15.3. The predicted molar refractivity (Wildman–Crippen MR) is 99.2 cm³/mol. The standard InChI is InChI=1S/C21H21F2NO3/c1-3-4-9-26-21-13(2)18(24-17-8-6-5-7-14(17)21)12-27-20-11-19(25)15(22)10-16(20)23/h5-8,10-11,25H,3-4,9,12H2,1-2H3. The maximum absolute atomic E-state index is 13.9. The van der Waals surface area contributed by atoms with Crippen molar-refractivity contribution in [3.05, 3.63) is 59.3 Å². The van der Waals surface area contributed by atoms with E-state index in [1.54, 1.807) is 0 Å². The lowest BCUT2D eigenvalue weighted by atomic mass is 10.1. The van der Waals surface area contributed by atoms with E-state index >= 15 is 0 Å². The highest BCUT2D eigenvalue weighted by Gasteiger charge is 2.15. The van der Waals surface area contributed by atoms with E-state index in [0.717, 1.165) is 41.1 Å². The first-order valence-electron chi connectivity index (χ1n) is 8.83. The quantitative estimate of drug-likeness (QED) is 0.572. The molecule has 0 atom stereocenters. The van der Waals surface area contributed by atoms with Crippen LogP contribution in [0, 0.1) is 18.6 Å². The van der Waals surface area contributed by atoms with E-state index in [2.05, 4.69) is 11.9 Å². The van der Waals surface area contributed by atoms with Gasteiger partial charge in [0.05, 0.1) is 17.8 Å². The molecule has 0 spiro atoms. The van der Waals surface area contributed by atoms with Crippen LogP contribution in [0.1, 0.15) is 31.0 Å². The lowest BCUT2D eigenvalue weighted by Crippen LogP contribution is -2.07. The molecule has 0 aliphatic carbocycles. The van der Waals surface area contributed by atoms with Gasteiger partial charge in [-0.1, -0.05) is 25.5 Å². The minimum absolute atomic E-state index is 0.0389. The highest BCUT2D eigenvalue weighted by molar-refractivity contribution is 5.86. The van der Waals surface area contributed by atoms with Crippen LogP contribution in [0.25, 0.3) is 10.9 Å². The van der Waals surface area contributed by atoms with Gasteiger partial charge in [0.1, 0.15) is 12.4 Å². The Morgan fingerprint density at radius 2 is 1.85 bits per heavy atom. The first kappa shape index (κ1) is 18.9. The van der Waals surface area contributed by atoms with Gasteiger partial charge in [-0.05, 0) is 25.5 Å². The molecule has 3 aromatic rings. The first-order valence-corrected chi connectivity index (χ1v) is 8.83. The number of unbranched alkanes of at least 4 members (excludes halogenated alkanes) is 1. The molecule has 142 valence electrons. The van der Waals surface area contributed by atoms with Gasteiger partial charge in [-0.2, -0.15) is 0 Å². The van der Waals surface area contributed by atoms with E-state index in [-0.39, 0.29) is 12.4 Å². The lowest BCUT2D eigenvalue weighted by Gasteiger charge is -2.16. The summed E-state index contributed by atoms with van der Waals surface area (Å²) < 4.78 is 38.5. The Morgan fingerprint density at radius 1 is 1.07 bits per heavy atom. The lowest BCUT2D eigenvalue weighted by molar-refractivity contribution is 0.278. The smallest absolute Gasteiger partial charge is 0.168 e. The number of phenolic OH excluding ortho intramolecular Hbond substituents is 1. The van der Waals surface area contributed by atoms with Crippen molar-refractivity contribution in [2.75, 3.05) is 6.61 Å². The minimum Gasteiger partial charge on any atom is -0.505 e. The molecular weight excluding hydrogens is 352 g/mol. The van der Waals surface area contributed by atoms with E-state index in [4.69, 9.17) is 9.47 Å². The fourth-order valence-electron chi connectivity index (χ4n) is 2.75. The number of benzene rings is 2. The van der Waals surface area contributed by atoms with Gasteiger partial charge < -0.3 is 14.6 Å². The van der Waals surface area contributed by atoms with Gasteiger partial charge in [0.25, 0.3) is 0 Å². The Balaban J connectivity index is 1.92. The summed E-state index contributed by atoms with van der Waals surface area (Å²) in [5.74, 6) is -2.10. The van der Waals surface area contributed by atoms with Crippen LogP contribution in [0.5, 0.6) is 17.2 Å². The molecule has 0 bridgehead atoms. The van der Waals surface area contributed by atoms with Gasteiger partial charge in [-0.15, -0.1) is 0 Å². The Morgan fingerprint density at radius 3 is 2.63 bits per heavy atom. The Hall–Kier alpha value is -2.89. The van der Waals surface area contributed by atoms with Gasteiger partial charge in [-0.25, -0.2) is 13.8 Å². The highest BCUT2D eigenvalue weighted by Crippen LogP contribution is 2.32. The number of pyridine rings is 1. The van der Waals surface area contributed by atoms with Crippen molar-refractivity contribution >= 4 is 10.9 Å². The van der Waals surface area contributed by atoms with Crippen LogP contribution < -0.4 is 9.47 Å². The molecule has 3 rings (SSSR count). The topological polar surface area (TPSA) is 51.6 Å². The number of ether oxygens (including phenoxy) is 2. The summed E-state index contributed by atoms with van der Waals surface area (Å²) in [6.07, 6.45) is 1.95. The molecule has 0 aliphatic heterocycles. The zero-order chi connectivity index (χ0) is 19.4. The summed E-state index contributed by atoms with van der Waals surface area (Å²) in [5.41, 5.74) is 2.13. The summed E-state index contributed by atoms with van der Waals surface area (Å²) in [6.45, 7) is 4.51. The van der Waals surface area contributed by atoms with Crippen molar-refractivity contribution in [3.8, 4) is 17.2 Å². The maximum atomic E-state index is 13.9. The fraction of sp³-hybridized carbons (Fsp3) is 0.286. The molecule has 1 heterocycles. The maximum Gasteiger partial charge on any atom is 0.168 e. The van der Waals surface area contributed by atoms with E-state index < -0.39 is 17.4 Å². The number of aromatic hydroxyl groups is 1. The number of phenols is 1. The van der Waals surface area contributed by atoms with Crippen molar-refractivity contribution < 1.29 is 23.4 Å². The van der Waals surface area contributed by atoms with Crippen LogP contribution >= 0.6 is 0 Å². The molecule has 0 aliphatic rings. The third-order valence-electron chi connectivity index (χ3n) is 4.29. The van der Waals surface area contributed by atoms with E-state index in [0.29, 0.717) is 18.4 Å². The zero-order valence-corrected chi connectivity index (χ0v) is 15.3. The summed E-state index contributed by atoms with van der Waals surface area (Å²) in [7, 11) is 0. The van der Waals surface area contributed by atoms with Gasteiger partial charge in [0.2, 0.25) is 0 Å². The number of nitrogens with zero attached hydrogens (tertiary/aromatic N) is 1. The molecule has 0 fully saturated rings. The predicted octanol–water partition coefficient (Wildman–Crippen LogP) is 5.28. The Labute approximate surface area is 156 Å². The molecule has 1 aromatic heterocycles. The molecule has 0 amide bonds. The Bertz CT molecular complexity index is 960. The van der Waals surface area contributed by atoms with Gasteiger partial charge in [0, 0.05) is 23.1 Å². The third kappa shape index (κ3) is 4.10. The number of hydrogen-bond acceptors (Lipinski definition) is 4. The summed E-state index contributed by atoms with van der Waals surface area (Å²) in [4.78, 5) is 4.58. The monoisotopic (exact) mass is 373 g/mol. The second-order valence-corrected chi connectivity index (χ2v) is 6.25. The van der Waals surface area contributed by atoms with E-state index in [1.807, 2.05) is 31.2 Å². The largest absolute Gasteiger partial charge is 0.505 e. The van der Waals surface area contributed by atoms with Gasteiger partial charge in [0.15, 0.2) is 23.1 Å². The molecule has 6 heteroatoms. The molecule has 27 heavy (non-hydrogen) atoms. The molecular formula is C21H21F2NO3. The fourth-order valence-corrected chi connectivity index (χ4v) is 2.75. The normalized spacial score (nSPS) is 11.0. The van der Waals surface area contributed by atoms with Gasteiger partial charge >= 0.3 is 0 Å². The van der Waals surface area contributed by atoms with E-state index in [9.17, 15) is 13.9 Å². The van der Waals surface area contributed by atoms with Crippen molar-refractivity contribution in [1.82, 2.24) is 4.98 Å². The first-order chi connectivity index (χ1) is 13.0. The molecule has 2 aromatic carbocycles. The highest BCUT2D eigenvalue weighted by atomic mass is 19.1. The molecule has 0 unspecified atom stereocenters. The van der Waals surface area contributed by atoms with Crippen LogP contribution in [-0.2, 0) is 6.61 Å². The molecule has 4 nitrogen and oxygen atoms in total. The second-order valence-electron chi connectivity index (χ2n) is 6.25. The average molecular weight is 373 g/mol. The second kappa shape index (κ2) is 8.20. The van der Waals surface area contributed by atoms with Crippen molar-refractivity contribution in [1.29, 1.82) is 0 Å². The number of halogens is 2. The van der Waals surface area contributed by atoms with Crippen LogP contribution in [0.4, 0.5) is 8.78 Å².